The van der Waals surface area contributed by atoms with Crippen LogP contribution >= 0.6 is 12.6 Å². The third-order valence-electron chi connectivity index (χ3n) is 7.22. The summed E-state index contributed by atoms with van der Waals surface area (Å²) in [6.07, 6.45) is 4.76. The van der Waals surface area contributed by atoms with Gasteiger partial charge in [0.05, 0.1) is 25.8 Å². The van der Waals surface area contributed by atoms with E-state index in [2.05, 4.69) is 52.9 Å². The molecule has 1 saturated heterocycles. The number of aryl methyl sites for hydroxylation is 1. The van der Waals surface area contributed by atoms with Crippen LogP contribution in [-0.2, 0) is 16.0 Å². The first-order valence-electron chi connectivity index (χ1n) is 15.5. The highest BCUT2D eigenvalue weighted by atomic mass is 32.1. The van der Waals surface area contributed by atoms with Crippen molar-refractivity contribution in [2.75, 3.05) is 53.3 Å². The molecule has 2 atom stereocenters. The zero-order valence-electron chi connectivity index (χ0n) is 29.1. The van der Waals surface area contributed by atoms with Crippen LogP contribution in [0.2, 0.25) is 4.78 Å². The topological polar surface area (TPSA) is 56.2 Å². The zero-order chi connectivity index (χ0) is 34.5. The molecule has 3 rings (SSSR count). The molecule has 45 heavy (non-hydrogen) atoms. The van der Waals surface area contributed by atoms with Crippen LogP contribution < -0.4 is 4.74 Å². The fraction of sp³-hybridized carbons (Fsp3) is 0.618. The number of thiol groups is 1. The number of aromatic nitrogens is 1. The van der Waals surface area contributed by atoms with Crippen LogP contribution in [0.5, 0.6) is 5.75 Å². The van der Waals surface area contributed by atoms with Crippen LogP contribution in [0.4, 0.5) is 13.6 Å². The lowest BCUT2D eigenvalue weighted by Crippen LogP contribution is -2.54. The molecule has 2 radical (unpaired) electrons. The number of rotatable bonds is 10. The van der Waals surface area contributed by atoms with Gasteiger partial charge in [-0.2, -0.15) is 12.6 Å². The molecule has 2 aromatic rings. The van der Waals surface area contributed by atoms with Gasteiger partial charge in [0.2, 0.25) is 0 Å². The van der Waals surface area contributed by atoms with Gasteiger partial charge in [-0.05, 0) is 64.1 Å². The van der Waals surface area contributed by atoms with E-state index < -0.39 is 18.1 Å². The van der Waals surface area contributed by atoms with Crippen molar-refractivity contribution in [1.29, 1.82) is 0 Å². The summed E-state index contributed by atoms with van der Waals surface area (Å²) < 4.78 is 45.3. The molecule has 11 heteroatoms. The van der Waals surface area contributed by atoms with Gasteiger partial charge >= 0.3 is 6.09 Å². The molecule has 252 valence electrons. The highest BCUT2D eigenvalue weighted by Gasteiger charge is 2.33. The molecule has 0 spiro atoms. The van der Waals surface area contributed by atoms with E-state index in [4.69, 9.17) is 14.2 Å². The predicted octanol–water partition coefficient (Wildman–Crippen LogP) is 7.56. The third kappa shape index (κ3) is 12.0. The number of piperazine rings is 1. The largest absolute Gasteiger partial charge is 0.496 e. The summed E-state index contributed by atoms with van der Waals surface area (Å²) in [5.41, 5.74) is 4.20. The number of hydrogen-bond donors (Lipinski definition) is 1. The first-order chi connectivity index (χ1) is 21.2. The molecule has 0 bridgehead atoms. The average molecular weight is 666 g/mol. The van der Waals surface area contributed by atoms with E-state index in [0.29, 0.717) is 32.8 Å². The Morgan fingerprint density at radius 2 is 1.82 bits per heavy atom. The number of hydrogen-bond acceptors (Lipinski definition) is 7. The number of methoxy groups -OCH3 is 2. The number of carbonyl (C=O) groups excluding carboxylic acids is 1. The van der Waals surface area contributed by atoms with Crippen LogP contribution in [0, 0.1) is 6.92 Å². The molecular formula is C34H54AlF2N3O4S. The second-order valence-electron chi connectivity index (χ2n) is 11.8. The highest BCUT2D eigenvalue weighted by Crippen LogP contribution is 2.36. The Bertz CT molecular complexity index is 1270. The lowest BCUT2D eigenvalue weighted by atomic mass is 9.96. The number of nitrogens with zero attached hydrogens (tertiary/aromatic N) is 3. The molecule has 0 N–H and O–H groups in total. The van der Waals surface area contributed by atoms with Crippen LogP contribution in [-0.4, -0.2) is 108 Å². The molecule has 7 nitrogen and oxygen atoms in total. The summed E-state index contributed by atoms with van der Waals surface area (Å²) in [7, 11) is 3.31. The lowest BCUT2D eigenvalue weighted by Gasteiger charge is -2.44. The summed E-state index contributed by atoms with van der Waals surface area (Å²) in [4.78, 5) is 17.3. The predicted molar refractivity (Wildman–Crippen MR) is 187 cm³/mol. The summed E-state index contributed by atoms with van der Waals surface area (Å²) in [6.45, 7) is 18.0. The first-order valence-corrected chi connectivity index (χ1v) is 17.0. The Labute approximate surface area is 283 Å². The molecular weight excluding hydrogens is 611 g/mol. The quantitative estimate of drug-likeness (QED) is 0.161. The Kier molecular flexibility index (Phi) is 18.0. The molecule has 0 saturated carbocycles. The maximum Gasteiger partial charge on any atom is 0.419 e. The minimum absolute atomic E-state index is 0.101. The van der Waals surface area contributed by atoms with E-state index in [-0.39, 0.29) is 17.4 Å². The molecule has 1 aliphatic heterocycles. The Morgan fingerprint density at radius 1 is 1.18 bits per heavy atom. The summed E-state index contributed by atoms with van der Waals surface area (Å²) >= 11 is 6.39. The van der Waals surface area contributed by atoms with E-state index in [0.717, 1.165) is 38.9 Å². The molecule has 2 unspecified atom stereocenters. The van der Waals surface area contributed by atoms with E-state index in [1.807, 2.05) is 65.5 Å². The fourth-order valence-electron chi connectivity index (χ4n) is 5.40. The summed E-state index contributed by atoms with van der Waals surface area (Å²) in [5, 5.41) is 0.904. The Balaban J connectivity index is 0.00000243. The van der Waals surface area contributed by atoms with Crippen molar-refractivity contribution in [3.8, 4) is 5.75 Å². The van der Waals surface area contributed by atoms with Gasteiger partial charge < -0.3 is 14.2 Å². The van der Waals surface area contributed by atoms with Gasteiger partial charge in [0, 0.05) is 56.5 Å². The number of carbonyl (C=O) groups is 1. The number of ether oxygens (including phenoxy) is 3. The van der Waals surface area contributed by atoms with Gasteiger partial charge in [0.1, 0.15) is 27.6 Å². The lowest BCUT2D eigenvalue weighted by molar-refractivity contribution is 0.0343. The normalized spacial score (nSPS) is 17.4. The molecule has 1 aliphatic rings. The van der Waals surface area contributed by atoms with Gasteiger partial charge in [-0.1, -0.05) is 43.3 Å². The van der Waals surface area contributed by atoms with Crippen molar-refractivity contribution in [3.05, 3.63) is 52.8 Å². The SMILES string of the molecule is CC.COC/C(C)=C/C=C(\[CH](C)[Al])C1CN(CC(F)F)CCN1Cc1c(OC)cc(C)c2c1ccn2C(=O)OC(C)(C)C.CS. The summed E-state index contributed by atoms with van der Waals surface area (Å²) in [5.74, 6) is 0.728. The van der Waals surface area contributed by atoms with Gasteiger partial charge in [-0.3, -0.25) is 14.4 Å². The Morgan fingerprint density at radius 3 is 2.36 bits per heavy atom. The van der Waals surface area contributed by atoms with Crippen LogP contribution in [0.3, 0.4) is 0 Å². The number of allylic oxidation sites excluding steroid dienone is 2. The average Bonchev–Trinajstić information content (AvgIpc) is 3.43. The number of halogens is 2. The second-order valence-corrected chi connectivity index (χ2v) is 12.8. The second kappa shape index (κ2) is 19.7. The molecule has 0 amide bonds. The van der Waals surface area contributed by atoms with Gasteiger partial charge in [0.25, 0.3) is 6.43 Å². The highest BCUT2D eigenvalue weighted by molar-refractivity contribution is 7.79. The molecule has 1 fully saturated rings. The molecule has 0 aliphatic carbocycles. The van der Waals surface area contributed by atoms with Crippen molar-refractivity contribution >= 4 is 45.9 Å². The van der Waals surface area contributed by atoms with Crippen molar-refractivity contribution < 1.29 is 27.8 Å². The maximum atomic E-state index is 13.4. The zero-order valence-corrected chi connectivity index (χ0v) is 31.2. The van der Waals surface area contributed by atoms with E-state index in [9.17, 15) is 13.6 Å². The smallest absolute Gasteiger partial charge is 0.419 e. The third-order valence-corrected chi connectivity index (χ3v) is 7.60. The first kappa shape index (κ1) is 41.2. The Hall–Kier alpha value is -1.87. The van der Waals surface area contributed by atoms with Gasteiger partial charge in [0.15, 0.2) is 0 Å². The van der Waals surface area contributed by atoms with Gasteiger partial charge in [-0.25, -0.2) is 13.6 Å². The standard InChI is InChI=1S/C31H44F2N3O4.C2H6.CH4S.Al/c1-9-23(11-10-21(2)20-38-7)26-18-34(19-28(32)33)14-15-35(26)17-25-24-12-13-36(30(37)40-31(4,5)6)29(24)22(3)16-27(25)39-8;2*1-2;/h9-13,16,26,28H,14-15,17-20H2,1-8H3;1-2H3;2H,1H3;/b21-10+,23-11+;;;. The van der Waals surface area contributed by atoms with E-state index in [1.54, 1.807) is 31.2 Å². The van der Waals surface area contributed by atoms with Gasteiger partial charge in [-0.15, -0.1) is 0 Å². The molecule has 2 heterocycles. The molecule has 1 aromatic carbocycles. The van der Waals surface area contributed by atoms with Crippen molar-refractivity contribution in [2.24, 2.45) is 0 Å². The number of alkyl halides is 2. The van der Waals surface area contributed by atoms with Crippen molar-refractivity contribution in [1.82, 2.24) is 14.4 Å². The number of benzene rings is 1. The minimum atomic E-state index is -2.39. The fourth-order valence-corrected chi connectivity index (χ4v) is 5.73. The minimum Gasteiger partial charge on any atom is -0.496 e. The number of fused-ring (bicyclic) bond motifs is 1. The maximum absolute atomic E-state index is 13.4. The van der Waals surface area contributed by atoms with Crippen LogP contribution in [0.25, 0.3) is 10.9 Å². The van der Waals surface area contributed by atoms with Crippen molar-refractivity contribution in [3.63, 3.8) is 0 Å². The van der Waals surface area contributed by atoms with E-state index >= 15 is 0 Å². The molecule has 1 aromatic heterocycles. The van der Waals surface area contributed by atoms with E-state index in [1.165, 1.54) is 0 Å². The van der Waals surface area contributed by atoms with Crippen LogP contribution in [0.1, 0.15) is 59.6 Å². The monoisotopic (exact) mass is 665 g/mol. The summed E-state index contributed by atoms with van der Waals surface area (Å²) in [6, 6.07) is 3.78. The van der Waals surface area contributed by atoms with Crippen LogP contribution in [0.15, 0.2) is 41.6 Å². The van der Waals surface area contributed by atoms with Crippen molar-refractivity contribution in [2.45, 2.75) is 84.8 Å².